The van der Waals surface area contributed by atoms with Crippen LogP contribution in [0.3, 0.4) is 0 Å². The summed E-state index contributed by atoms with van der Waals surface area (Å²) >= 11 is 1.46. The van der Waals surface area contributed by atoms with Gasteiger partial charge in [-0.05, 0) is 12.0 Å². The first-order valence-electron chi connectivity index (χ1n) is 5.52. The first kappa shape index (κ1) is 13.1. The molecule has 2 heterocycles. The summed E-state index contributed by atoms with van der Waals surface area (Å²) in [5.41, 5.74) is 6.22. The van der Waals surface area contributed by atoms with Crippen molar-refractivity contribution in [2.45, 2.75) is 17.8 Å². The molecule has 0 saturated carbocycles. The van der Waals surface area contributed by atoms with Crippen molar-refractivity contribution in [3.05, 3.63) is 23.4 Å². The number of nitrogens with two attached hydrogens (primary N) is 1. The van der Waals surface area contributed by atoms with Crippen LogP contribution in [-0.2, 0) is 9.59 Å². The Morgan fingerprint density at radius 2 is 2.33 bits per heavy atom. The molecule has 2 atom stereocenters. The Morgan fingerprint density at radius 3 is 2.94 bits per heavy atom. The zero-order valence-electron chi connectivity index (χ0n) is 9.57. The van der Waals surface area contributed by atoms with Crippen LogP contribution in [0.4, 0.5) is 0 Å². The number of carbonyl (C=O) groups excluding carboxylic acids is 1. The Labute approximate surface area is 108 Å². The number of aliphatic hydroxyl groups excluding tert-OH is 1. The molecule has 4 N–H and O–H groups in total. The van der Waals surface area contributed by atoms with Gasteiger partial charge < -0.3 is 15.9 Å². The lowest BCUT2D eigenvalue weighted by atomic mass is 10.0. The van der Waals surface area contributed by atoms with Crippen LogP contribution in [0.25, 0.3) is 0 Å². The number of rotatable bonds is 4. The molecule has 0 aromatic carbocycles. The van der Waals surface area contributed by atoms with Crippen LogP contribution < -0.4 is 5.73 Å². The van der Waals surface area contributed by atoms with Gasteiger partial charge in [0.1, 0.15) is 17.1 Å². The number of fused-ring (bicyclic) bond motifs is 1. The molecule has 0 aliphatic carbocycles. The maximum absolute atomic E-state index is 11.6. The average Bonchev–Trinajstić information content (AvgIpc) is 2.37. The number of nitrogens with zero attached hydrogens (tertiary/aromatic N) is 1. The van der Waals surface area contributed by atoms with Gasteiger partial charge in [0.25, 0.3) is 0 Å². The Hall–Kier alpha value is -1.31. The lowest BCUT2D eigenvalue weighted by molar-refractivity contribution is -0.147. The molecule has 0 aromatic rings. The first-order valence-corrected chi connectivity index (χ1v) is 6.57. The van der Waals surface area contributed by atoms with Crippen LogP contribution >= 0.6 is 11.8 Å². The Kier molecular flexibility index (Phi) is 3.74. The fraction of sp³-hybridized carbons (Fsp3) is 0.455. The Balaban J connectivity index is 2.29. The van der Waals surface area contributed by atoms with Crippen LogP contribution in [0.5, 0.6) is 0 Å². The largest absolute Gasteiger partial charge is 0.477 e. The lowest BCUT2D eigenvalue weighted by Crippen LogP contribution is -2.68. The van der Waals surface area contributed by atoms with Crippen molar-refractivity contribution in [3.63, 3.8) is 0 Å². The van der Waals surface area contributed by atoms with Gasteiger partial charge in [-0.3, -0.25) is 9.69 Å². The van der Waals surface area contributed by atoms with E-state index >= 15 is 0 Å². The summed E-state index contributed by atoms with van der Waals surface area (Å²) in [7, 11) is 0. The molecule has 18 heavy (non-hydrogen) atoms. The summed E-state index contributed by atoms with van der Waals surface area (Å²) in [5.74, 6) is -0.965. The van der Waals surface area contributed by atoms with E-state index in [1.807, 2.05) is 0 Å². The minimum Gasteiger partial charge on any atom is -0.477 e. The summed E-state index contributed by atoms with van der Waals surface area (Å²) in [6.07, 6.45) is 3.81. The van der Waals surface area contributed by atoms with Crippen molar-refractivity contribution < 1.29 is 19.8 Å². The van der Waals surface area contributed by atoms with Gasteiger partial charge in [0.05, 0.1) is 0 Å². The maximum Gasteiger partial charge on any atom is 0.352 e. The number of hydrogen-bond donors (Lipinski definition) is 3. The normalized spacial score (nSPS) is 27.4. The number of hydrogen-bond acceptors (Lipinski definition) is 5. The third kappa shape index (κ3) is 2.05. The summed E-state index contributed by atoms with van der Waals surface area (Å²) in [6.45, 7) is 0.00940. The highest BCUT2D eigenvalue weighted by Gasteiger charge is 2.51. The molecule has 7 heteroatoms. The van der Waals surface area contributed by atoms with Crippen molar-refractivity contribution in [3.8, 4) is 0 Å². The molecule has 6 nitrogen and oxygen atoms in total. The average molecular weight is 270 g/mol. The van der Waals surface area contributed by atoms with Crippen molar-refractivity contribution >= 4 is 23.6 Å². The minimum absolute atomic E-state index is 0.00940. The van der Waals surface area contributed by atoms with E-state index in [1.54, 1.807) is 12.2 Å². The third-order valence-electron chi connectivity index (χ3n) is 2.86. The highest BCUT2D eigenvalue weighted by Crippen LogP contribution is 2.39. The topological polar surface area (TPSA) is 104 Å². The van der Waals surface area contributed by atoms with Gasteiger partial charge in [-0.1, -0.05) is 12.2 Å². The summed E-state index contributed by atoms with van der Waals surface area (Å²) in [5, 5.41) is 17.6. The third-order valence-corrected chi connectivity index (χ3v) is 4.18. The van der Waals surface area contributed by atoms with E-state index in [4.69, 9.17) is 10.8 Å². The number of carboxylic acid groups (broad SMARTS) is 1. The quantitative estimate of drug-likeness (QED) is 0.595. The van der Waals surface area contributed by atoms with Gasteiger partial charge >= 0.3 is 5.97 Å². The van der Waals surface area contributed by atoms with E-state index in [0.717, 1.165) is 0 Å². The number of aliphatic hydroxyl groups is 1. The van der Waals surface area contributed by atoms with E-state index in [0.29, 0.717) is 17.7 Å². The van der Waals surface area contributed by atoms with E-state index in [1.165, 1.54) is 16.7 Å². The summed E-state index contributed by atoms with van der Waals surface area (Å²) < 4.78 is 0. The second-order valence-corrected chi connectivity index (χ2v) is 5.13. The van der Waals surface area contributed by atoms with Gasteiger partial charge in [0.2, 0.25) is 5.91 Å². The number of carbonyl (C=O) groups is 2. The van der Waals surface area contributed by atoms with Crippen LogP contribution in [0.2, 0.25) is 0 Å². The van der Waals surface area contributed by atoms with E-state index in [-0.39, 0.29) is 23.6 Å². The molecule has 2 aliphatic rings. The van der Waals surface area contributed by atoms with Gasteiger partial charge in [-0.25, -0.2) is 4.79 Å². The number of aliphatic carboxylic acids is 1. The molecule has 1 saturated heterocycles. The summed E-state index contributed by atoms with van der Waals surface area (Å²) in [4.78, 5) is 24.1. The van der Waals surface area contributed by atoms with E-state index < -0.39 is 12.0 Å². The Morgan fingerprint density at radius 1 is 1.61 bits per heavy atom. The number of thioether (sulfide) groups is 1. The molecule has 0 unspecified atom stereocenters. The maximum atomic E-state index is 11.6. The van der Waals surface area contributed by atoms with E-state index in [2.05, 4.69) is 0 Å². The SMILES string of the molecule is N[C@@H]1C(=O)N2C(C(=O)O)=C(/C=C\CCO)CS[C@H]12. The predicted molar refractivity (Wildman–Crippen MR) is 66.6 cm³/mol. The monoisotopic (exact) mass is 270 g/mol. The van der Waals surface area contributed by atoms with Gasteiger partial charge in [0, 0.05) is 12.4 Å². The molecule has 1 fully saturated rings. The number of allylic oxidation sites excluding steroid dienone is 1. The minimum atomic E-state index is -1.12. The highest BCUT2D eigenvalue weighted by atomic mass is 32.2. The van der Waals surface area contributed by atoms with Gasteiger partial charge in [-0.15, -0.1) is 11.8 Å². The molecule has 1 amide bonds. The molecule has 0 bridgehead atoms. The van der Waals surface area contributed by atoms with Crippen LogP contribution in [0.1, 0.15) is 6.42 Å². The highest BCUT2D eigenvalue weighted by molar-refractivity contribution is 8.00. The van der Waals surface area contributed by atoms with Gasteiger partial charge in [-0.2, -0.15) is 0 Å². The predicted octanol–water partition coefficient (Wildman–Crippen LogP) is -0.494. The molecule has 2 rings (SSSR count). The van der Waals surface area contributed by atoms with Crippen LogP contribution in [0, 0.1) is 0 Å². The summed E-state index contributed by atoms with van der Waals surface area (Å²) in [6, 6.07) is -0.604. The van der Waals surface area contributed by atoms with Crippen molar-refractivity contribution in [1.82, 2.24) is 4.90 Å². The zero-order chi connectivity index (χ0) is 13.3. The van der Waals surface area contributed by atoms with Crippen LogP contribution in [-0.4, -0.2) is 50.8 Å². The number of carboxylic acids is 1. The molecule has 98 valence electrons. The van der Waals surface area contributed by atoms with Crippen molar-refractivity contribution in [2.75, 3.05) is 12.4 Å². The first-order chi connectivity index (χ1) is 8.57. The second kappa shape index (κ2) is 5.13. The zero-order valence-corrected chi connectivity index (χ0v) is 10.4. The Bertz CT molecular complexity index is 446. The second-order valence-electron chi connectivity index (χ2n) is 4.03. The number of amides is 1. The fourth-order valence-corrected chi connectivity index (χ4v) is 3.23. The number of β-lactam (4-membered cyclic amide) rings is 1. The van der Waals surface area contributed by atoms with Gasteiger partial charge in [0.15, 0.2) is 0 Å². The molecule has 0 spiro atoms. The molecular formula is C11H14N2O4S. The molecule has 0 radical (unpaired) electrons. The molecule has 0 aromatic heterocycles. The van der Waals surface area contributed by atoms with Crippen molar-refractivity contribution in [1.29, 1.82) is 0 Å². The van der Waals surface area contributed by atoms with Crippen molar-refractivity contribution in [2.24, 2.45) is 5.73 Å². The standard InChI is InChI=1S/C11H14N2O4S/c12-7-9(15)13-8(11(16)17)6(3-1-2-4-14)5-18-10(7)13/h1,3,7,10,14H,2,4-5,12H2,(H,16,17)/b3-1-/t7-,10-/m1/s1. The molecular weight excluding hydrogens is 256 g/mol. The molecule has 2 aliphatic heterocycles. The fourth-order valence-electron chi connectivity index (χ4n) is 1.97. The smallest absolute Gasteiger partial charge is 0.352 e. The van der Waals surface area contributed by atoms with Crippen LogP contribution in [0.15, 0.2) is 23.4 Å². The lowest BCUT2D eigenvalue weighted by Gasteiger charge is -2.47. The van der Waals surface area contributed by atoms with E-state index in [9.17, 15) is 14.7 Å².